The van der Waals surface area contributed by atoms with E-state index in [0.717, 1.165) is 15.7 Å². The van der Waals surface area contributed by atoms with Gasteiger partial charge in [0, 0.05) is 16.7 Å². The molecule has 1 aliphatic heterocycles. The number of urea groups is 1. The molecule has 0 aromatic heterocycles. The van der Waals surface area contributed by atoms with Crippen molar-refractivity contribution in [2.24, 2.45) is 0 Å². The fourth-order valence-corrected chi connectivity index (χ4v) is 2.53. The maximum absolute atomic E-state index is 11.8. The maximum atomic E-state index is 11.8. The molecule has 1 aromatic carbocycles. The Morgan fingerprint density at radius 1 is 1.61 bits per heavy atom. The lowest BCUT2D eigenvalue weighted by molar-refractivity contribution is -0.137. The van der Waals surface area contributed by atoms with Gasteiger partial charge in [0.2, 0.25) is 0 Å². The summed E-state index contributed by atoms with van der Waals surface area (Å²) in [6.07, 6.45) is -0.0577. The van der Waals surface area contributed by atoms with Gasteiger partial charge in [0.15, 0.2) is 0 Å². The largest absolute Gasteiger partial charge is 0.481 e. The van der Waals surface area contributed by atoms with Crippen LogP contribution in [0.25, 0.3) is 0 Å². The quantitative estimate of drug-likeness (QED) is 0.898. The molecular weight excluding hydrogens is 300 g/mol. The van der Waals surface area contributed by atoms with Crippen LogP contribution in [0.15, 0.2) is 22.7 Å². The molecule has 1 atom stereocenters. The molecule has 2 N–H and O–H groups in total. The van der Waals surface area contributed by atoms with Crippen LogP contribution in [0.2, 0.25) is 0 Å². The molecule has 1 aliphatic rings. The summed E-state index contributed by atoms with van der Waals surface area (Å²) in [6.45, 7) is 2.30. The molecule has 2 amide bonds. The van der Waals surface area contributed by atoms with Gasteiger partial charge in [0.25, 0.3) is 0 Å². The minimum absolute atomic E-state index is 0.0577. The van der Waals surface area contributed by atoms with Crippen molar-refractivity contribution in [1.82, 2.24) is 5.32 Å². The first-order chi connectivity index (χ1) is 8.47. The second-order valence-corrected chi connectivity index (χ2v) is 5.20. The van der Waals surface area contributed by atoms with Gasteiger partial charge in [-0.05, 0) is 30.7 Å². The van der Waals surface area contributed by atoms with Crippen LogP contribution in [0.3, 0.4) is 0 Å². The van der Waals surface area contributed by atoms with Crippen LogP contribution in [0.4, 0.5) is 10.5 Å². The Morgan fingerprint density at radius 2 is 2.33 bits per heavy atom. The average molecular weight is 313 g/mol. The van der Waals surface area contributed by atoms with Crippen molar-refractivity contribution in [3.63, 3.8) is 0 Å². The van der Waals surface area contributed by atoms with Gasteiger partial charge in [-0.15, -0.1) is 0 Å². The Hall–Kier alpha value is -1.56. The van der Waals surface area contributed by atoms with Crippen molar-refractivity contribution < 1.29 is 14.7 Å². The van der Waals surface area contributed by atoms with E-state index in [0.29, 0.717) is 6.54 Å². The van der Waals surface area contributed by atoms with Crippen molar-refractivity contribution in [1.29, 1.82) is 0 Å². The lowest BCUT2D eigenvalue weighted by Gasteiger charge is -2.17. The smallest absolute Gasteiger partial charge is 0.322 e. The molecule has 1 aromatic rings. The predicted molar refractivity (Wildman–Crippen MR) is 70.8 cm³/mol. The summed E-state index contributed by atoms with van der Waals surface area (Å²) in [6, 6.07) is 5.06. The first-order valence-electron chi connectivity index (χ1n) is 5.53. The highest BCUT2D eigenvalue weighted by atomic mass is 79.9. The second kappa shape index (κ2) is 4.97. The van der Waals surface area contributed by atoms with Gasteiger partial charge in [-0.3, -0.25) is 9.69 Å². The standard InChI is InChI=1S/C12H13BrN2O3/c1-7-4-8(13)2-3-10(7)15-6-9(5-11(16)17)14-12(15)18/h2-4,9H,5-6H2,1H3,(H,14,18)(H,16,17). The molecule has 2 rings (SSSR count). The molecule has 0 aliphatic carbocycles. The summed E-state index contributed by atoms with van der Waals surface area (Å²) in [7, 11) is 0. The van der Waals surface area contributed by atoms with E-state index < -0.39 is 5.97 Å². The van der Waals surface area contributed by atoms with Crippen LogP contribution in [0.1, 0.15) is 12.0 Å². The van der Waals surface area contributed by atoms with Gasteiger partial charge in [-0.2, -0.15) is 0 Å². The number of aryl methyl sites for hydroxylation is 1. The van der Waals surface area contributed by atoms with Crippen LogP contribution in [-0.4, -0.2) is 29.7 Å². The number of aliphatic carboxylic acids is 1. The van der Waals surface area contributed by atoms with Crippen molar-refractivity contribution in [2.45, 2.75) is 19.4 Å². The summed E-state index contributed by atoms with van der Waals surface area (Å²) in [5.41, 5.74) is 1.78. The zero-order chi connectivity index (χ0) is 13.3. The Bertz CT molecular complexity index is 504. The van der Waals surface area contributed by atoms with Gasteiger partial charge in [0.1, 0.15) is 0 Å². The fraction of sp³-hybridized carbons (Fsp3) is 0.333. The van der Waals surface area contributed by atoms with E-state index in [4.69, 9.17) is 5.11 Å². The third kappa shape index (κ3) is 2.64. The molecular formula is C12H13BrN2O3. The van der Waals surface area contributed by atoms with Crippen LogP contribution >= 0.6 is 15.9 Å². The van der Waals surface area contributed by atoms with E-state index in [2.05, 4.69) is 21.2 Å². The number of hydrogen-bond acceptors (Lipinski definition) is 2. The molecule has 6 heteroatoms. The summed E-state index contributed by atoms with van der Waals surface area (Å²) in [5.74, 6) is -0.908. The van der Waals surface area contributed by atoms with E-state index in [1.54, 1.807) is 4.90 Å². The average Bonchev–Trinajstić information content (AvgIpc) is 2.58. The molecule has 96 valence electrons. The van der Waals surface area contributed by atoms with Crippen LogP contribution in [-0.2, 0) is 4.79 Å². The number of nitrogens with one attached hydrogen (secondary N) is 1. The monoisotopic (exact) mass is 312 g/mol. The number of benzene rings is 1. The van der Waals surface area contributed by atoms with Gasteiger partial charge >= 0.3 is 12.0 Å². The summed E-state index contributed by atoms with van der Waals surface area (Å²) in [4.78, 5) is 24.0. The molecule has 0 spiro atoms. The highest BCUT2D eigenvalue weighted by molar-refractivity contribution is 9.10. The first kappa shape index (κ1) is 12.9. The molecule has 0 saturated carbocycles. The number of carbonyl (C=O) groups excluding carboxylic acids is 1. The lowest BCUT2D eigenvalue weighted by Crippen LogP contribution is -2.29. The fourth-order valence-electron chi connectivity index (χ4n) is 2.06. The third-order valence-corrected chi connectivity index (χ3v) is 3.34. The lowest BCUT2D eigenvalue weighted by atomic mass is 10.1. The Kier molecular flexibility index (Phi) is 3.56. The number of hydrogen-bond donors (Lipinski definition) is 2. The van der Waals surface area contributed by atoms with Crippen LogP contribution in [0, 0.1) is 6.92 Å². The van der Waals surface area contributed by atoms with Crippen molar-refractivity contribution in [3.05, 3.63) is 28.2 Å². The molecule has 1 unspecified atom stereocenters. The second-order valence-electron chi connectivity index (χ2n) is 4.29. The highest BCUT2D eigenvalue weighted by Gasteiger charge is 2.31. The first-order valence-corrected chi connectivity index (χ1v) is 6.32. The van der Waals surface area contributed by atoms with E-state index >= 15 is 0 Å². The number of carboxylic acid groups (broad SMARTS) is 1. The van der Waals surface area contributed by atoms with Gasteiger partial charge in [-0.25, -0.2) is 4.79 Å². The molecule has 1 saturated heterocycles. The molecule has 0 radical (unpaired) electrons. The molecule has 1 fully saturated rings. The molecule has 5 nitrogen and oxygen atoms in total. The zero-order valence-electron chi connectivity index (χ0n) is 9.81. The minimum atomic E-state index is -0.908. The van der Waals surface area contributed by atoms with E-state index in [9.17, 15) is 9.59 Å². The summed E-state index contributed by atoms with van der Waals surface area (Å²) < 4.78 is 0.949. The zero-order valence-corrected chi connectivity index (χ0v) is 11.4. The maximum Gasteiger partial charge on any atom is 0.322 e. The normalized spacial score (nSPS) is 18.9. The summed E-state index contributed by atoms with van der Waals surface area (Å²) in [5, 5.41) is 11.4. The van der Waals surface area contributed by atoms with E-state index in [1.165, 1.54) is 0 Å². The minimum Gasteiger partial charge on any atom is -0.481 e. The van der Waals surface area contributed by atoms with Crippen molar-refractivity contribution in [2.75, 3.05) is 11.4 Å². The molecule has 18 heavy (non-hydrogen) atoms. The van der Waals surface area contributed by atoms with E-state index in [-0.39, 0.29) is 18.5 Å². The van der Waals surface area contributed by atoms with Gasteiger partial charge in [-0.1, -0.05) is 15.9 Å². The van der Waals surface area contributed by atoms with Gasteiger partial charge in [0.05, 0.1) is 12.5 Å². The van der Waals surface area contributed by atoms with Crippen LogP contribution in [0.5, 0.6) is 0 Å². The Balaban J connectivity index is 2.19. The number of carbonyl (C=O) groups is 2. The number of rotatable bonds is 3. The van der Waals surface area contributed by atoms with Crippen molar-refractivity contribution >= 4 is 33.6 Å². The van der Waals surface area contributed by atoms with Gasteiger partial charge < -0.3 is 10.4 Å². The summed E-state index contributed by atoms with van der Waals surface area (Å²) >= 11 is 3.37. The SMILES string of the molecule is Cc1cc(Br)ccc1N1CC(CC(=O)O)NC1=O. The number of amides is 2. The van der Waals surface area contributed by atoms with Crippen molar-refractivity contribution in [3.8, 4) is 0 Å². The number of halogens is 1. The Labute approximate surface area is 113 Å². The van der Waals surface area contributed by atoms with E-state index in [1.807, 2.05) is 25.1 Å². The Morgan fingerprint density at radius 3 is 2.94 bits per heavy atom. The van der Waals surface area contributed by atoms with Crippen LogP contribution < -0.4 is 10.2 Å². The predicted octanol–water partition coefficient (Wildman–Crippen LogP) is 2.13. The number of anilines is 1. The highest BCUT2D eigenvalue weighted by Crippen LogP contribution is 2.26. The number of nitrogens with zero attached hydrogens (tertiary/aromatic N) is 1. The molecule has 0 bridgehead atoms. The topological polar surface area (TPSA) is 69.6 Å². The molecule has 1 heterocycles. The third-order valence-electron chi connectivity index (χ3n) is 2.85. The number of carboxylic acids is 1.